The van der Waals surface area contributed by atoms with Crippen LogP contribution in [0.5, 0.6) is 5.75 Å². The first kappa shape index (κ1) is 14.0. The molecule has 2 aromatic rings. The maximum absolute atomic E-state index is 13.0. The number of benzene rings is 2. The minimum absolute atomic E-state index is 0.245. The van der Waals surface area contributed by atoms with Crippen molar-refractivity contribution in [3.8, 4) is 11.8 Å². The van der Waals surface area contributed by atoms with Crippen LogP contribution in [0.4, 0.5) is 4.39 Å². The Kier molecular flexibility index (Phi) is 4.70. The fourth-order valence-electron chi connectivity index (χ4n) is 1.85. The number of hydrogen-bond acceptors (Lipinski definition) is 3. The molecule has 0 spiro atoms. The van der Waals surface area contributed by atoms with E-state index in [0.717, 1.165) is 12.3 Å². The van der Waals surface area contributed by atoms with Gasteiger partial charge in [-0.05, 0) is 36.9 Å². The summed E-state index contributed by atoms with van der Waals surface area (Å²) in [7, 11) is 1.89. The van der Waals surface area contributed by atoms with E-state index in [2.05, 4.69) is 5.32 Å². The molecule has 0 amide bonds. The number of nitriles is 1. The van der Waals surface area contributed by atoms with Gasteiger partial charge in [-0.25, -0.2) is 4.39 Å². The van der Waals surface area contributed by atoms with Crippen molar-refractivity contribution in [1.82, 2.24) is 5.32 Å². The van der Waals surface area contributed by atoms with E-state index in [0.29, 0.717) is 11.1 Å². The lowest BCUT2D eigenvalue weighted by Crippen LogP contribution is -2.04. The zero-order chi connectivity index (χ0) is 14.4. The molecule has 0 bridgehead atoms. The third-order valence-electron chi connectivity index (χ3n) is 2.89. The zero-order valence-corrected chi connectivity index (χ0v) is 11.2. The summed E-state index contributed by atoms with van der Waals surface area (Å²) in [4.78, 5) is 0. The van der Waals surface area contributed by atoms with E-state index in [1.807, 2.05) is 37.4 Å². The van der Waals surface area contributed by atoms with Crippen molar-refractivity contribution in [2.45, 2.75) is 13.2 Å². The van der Waals surface area contributed by atoms with Gasteiger partial charge in [-0.2, -0.15) is 5.26 Å². The van der Waals surface area contributed by atoms with Crippen LogP contribution in [0.1, 0.15) is 16.7 Å². The molecule has 0 saturated heterocycles. The summed E-state index contributed by atoms with van der Waals surface area (Å²) in [6, 6.07) is 13.8. The lowest BCUT2D eigenvalue weighted by Gasteiger charge is -2.08. The number of nitrogens with zero attached hydrogens (tertiary/aromatic N) is 1. The van der Waals surface area contributed by atoms with E-state index in [9.17, 15) is 4.39 Å². The minimum atomic E-state index is -0.415. The Morgan fingerprint density at radius 1 is 1.20 bits per heavy atom. The molecule has 0 aliphatic rings. The van der Waals surface area contributed by atoms with Crippen LogP contribution >= 0.6 is 0 Å². The van der Waals surface area contributed by atoms with Gasteiger partial charge >= 0.3 is 0 Å². The van der Waals surface area contributed by atoms with Crippen LogP contribution in [0.3, 0.4) is 0 Å². The van der Waals surface area contributed by atoms with E-state index in [1.54, 1.807) is 6.07 Å². The van der Waals surface area contributed by atoms with Gasteiger partial charge in [-0.3, -0.25) is 0 Å². The van der Waals surface area contributed by atoms with E-state index in [1.165, 1.54) is 17.7 Å². The van der Waals surface area contributed by atoms with Gasteiger partial charge in [0.05, 0.1) is 11.6 Å². The quantitative estimate of drug-likeness (QED) is 0.908. The van der Waals surface area contributed by atoms with Gasteiger partial charge in [0.25, 0.3) is 0 Å². The first-order valence-corrected chi connectivity index (χ1v) is 6.28. The molecule has 0 saturated carbocycles. The molecule has 0 unspecified atom stereocenters. The zero-order valence-electron chi connectivity index (χ0n) is 11.2. The second-order valence-corrected chi connectivity index (χ2v) is 4.38. The molecule has 4 heteroatoms. The van der Waals surface area contributed by atoms with Crippen LogP contribution in [-0.2, 0) is 13.2 Å². The van der Waals surface area contributed by atoms with Gasteiger partial charge < -0.3 is 10.1 Å². The lowest BCUT2D eigenvalue weighted by molar-refractivity contribution is 0.305. The molecule has 0 aliphatic carbocycles. The summed E-state index contributed by atoms with van der Waals surface area (Å²) in [6.45, 7) is 1.05. The third kappa shape index (κ3) is 3.56. The van der Waals surface area contributed by atoms with Gasteiger partial charge in [0.1, 0.15) is 18.2 Å². The molecule has 0 heterocycles. The first-order chi connectivity index (χ1) is 9.72. The Morgan fingerprint density at radius 2 is 1.95 bits per heavy atom. The fourth-order valence-corrected chi connectivity index (χ4v) is 1.85. The van der Waals surface area contributed by atoms with Crippen molar-refractivity contribution in [2.75, 3.05) is 7.05 Å². The molecule has 1 N–H and O–H groups in total. The molecule has 0 atom stereocenters. The maximum Gasteiger partial charge on any atom is 0.124 e. The Hall–Kier alpha value is -2.38. The van der Waals surface area contributed by atoms with E-state index in [-0.39, 0.29) is 6.61 Å². The highest BCUT2D eigenvalue weighted by Gasteiger charge is 2.04. The first-order valence-electron chi connectivity index (χ1n) is 6.28. The average molecular weight is 270 g/mol. The van der Waals surface area contributed by atoms with Crippen molar-refractivity contribution in [1.29, 1.82) is 5.26 Å². The number of nitrogens with one attached hydrogen (secondary N) is 1. The summed E-state index contributed by atoms with van der Waals surface area (Å²) < 4.78 is 18.6. The normalized spacial score (nSPS) is 10.1. The summed E-state index contributed by atoms with van der Waals surface area (Å²) in [5.74, 6) is 0.305. The molecule has 0 aromatic heterocycles. The molecule has 2 rings (SSSR count). The third-order valence-corrected chi connectivity index (χ3v) is 2.89. The molecule has 20 heavy (non-hydrogen) atoms. The Bertz CT molecular complexity index is 617. The summed E-state index contributed by atoms with van der Waals surface area (Å²) in [6.07, 6.45) is 0. The van der Waals surface area contributed by atoms with Crippen molar-refractivity contribution >= 4 is 0 Å². The molecule has 2 aromatic carbocycles. The Balaban J connectivity index is 2.03. The fraction of sp³-hybridized carbons (Fsp3) is 0.188. The van der Waals surface area contributed by atoms with Gasteiger partial charge in [0, 0.05) is 12.1 Å². The summed E-state index contributed by atoms with van der Waals surface area (Å²) >= 11 is 0. The molecule has 0 radical (unpaired) electrons. The van der Waals surface area contributed by atoms with E-state index in [4.69, 9.17) is 10.00 Å². The number of ether oxygens (including phenoxy) is 1. The second kappa shape index (κ2) is 6.69. The highest BCUT2D eigenvalue weighted by Crippen LogP contribution is 2.16. The van der Waals surface area contributed by atoms with Crippen LogP contribution in [0, 0.1) is 17.1 Å². The van der Waals surface area contributed by atoms with Gasteiger partial charge in [-0.1, -0.05) is 18.2 Å². The van der Waals surface area contributed by atoms with Crippen LogP contribution in [0.2, 0.25) is 0 Å². The Morgan fingerprint density at radius 3 is 2.60 bits per heavy atom. The number of halogens is 1. The van der Waals surface area contributed by atoms with Crippen LogP contribution in [0.15, 0.2) is 42.5 Å². The summed E-state index contributed by atoms with van der Waals surface area (Å²) in [5.41, 5.74) is 2.14. The van der Waals surface area contributed by atoms with Gasteiger partial charge in [0.2, 0.25) is 0 Å². The molecular weight excluding hydrogens is 255 g/mol. The molecule has 0 fully saturated rings. The van der Waals surface area contributed by atoms with Crippen LogP contribution in [0.25, 0.3) is 0 Å². The summed E-state index contributed by atoms with van der Waals surface area (Å²) in [5, 5.41) is 12.0. The number of hydrogen-bond donors (Lipinski definition) is 1. The number of rotatable bonds is 5. The predicted octanol–water partition coefficient (Wildman–Crippen LogP) is 3.00. The largest absolute Gasteiger partial charge is 0.489 e. The molecular formula is C16H15FN2O. The monoisotopic (exact) mass is 270 g/mol. The van der Waals surface area contributed by atoms with Crippen molar-refractivity contribution < 1.29 is 9.13 Å². The molecule has 102 valence electrons. The SMILES string of the molecule is CNCc1ccc(OCc2ccc(F)cc2C#N)cc1. The maximum atomic E-state index is 13.0. The van der Waals surface area contributed by atoms with E-state index < -0.39 is 5.82 Å². The van der Waals surface area contributed by atoms with Crippen LogP contribution < -0.4 is 10.1 Å². The lowest BCUT2D eigenvalue weighted by atomic mass is 10.1. The second-order valence-electron chi connectivity index (χ2n) is 4.38. The van der Waals surface area contributed by atoms with Crippen molar-refractivity contribution in [2.24, 2.45) is 0 Å². The highest BCUT2D eigenvalue weighted by molar-refractivity contribution is 5.38. The van der Waals surface area contributed by atoms with Gasteiger partial charge in [-0.15, -0.1) is 0 Å². The molecule has 0 aliphatic heterocycles. The Labute approximate surface area is 117 Å². The highest BCUT2D eigenvalue weighted by atomic mass is 19.1. The smallest absolute Gasteiger partial charge is 0.124 e. The average Bonchev–Trinajstić information content (AvgIpc) is 2.47. The standard InChI is InChI=1S/C16H15FN2O/c1-19-10-12-2-6-16(7-3-12)20-11-13-4-5-15(17)8-14(13)9-18/h2-8,19H,10-11H2,1H3. The molecule has 3 nitrogen and oxygen atoms in total. The topological polar surface area (TPSA) is 45.0 Å². The van der Waals surface area contributed by atoms with Crippen LogP contribution in [-0.4, -0.2) is 7.05 Å². The van der Waals surface area contributed by atoms with Gasteiger partial charge in [0.15, 0.2) is 0 Å². The van der Waals surface area contributed by atoms with E-state index >= 15 is 0 Å². The predicted molar refractivity (Wildman–Crippen MR) is 74.7 cm³/mol. The van der Waals surface area contributed by atoms with Crippen molar-refractivity contribution in [3.63, 3.8) is 0 Å². The van der Waals surface area contributed by atoms with Crippen molar-refractivity contribution in [3.05, 3.63) is 65.0 Å². The minimum Gasteiger partial charge on any atom is -0.489 e.